The average molecular weight is 1300 g/mol. The molecular weight excluding hydrogens is 1190 g/mol. The van der Waals surface area contributed by atoms with E-state index in [1.54, 1.807) is 41.5 Å². The predicted octanol–water partition coefficient (Wildman–Crippen LogP) is 9.05. The van der Waals surface area contributed by atoms with Crippen LogP contribution in [0.15, 0.2) is 72.8 Å². The van der Waals surface area contributed by atoms with Crippen LogP contribution in [0.3, 0.4) is 0 Å². The quantitative estimate of drug-likeness (QED) is 0.0134. The second-order valence-corrected chi connectivity index (χ2v) is 26.9. The van der Waals surface area contributed by atoms with E-state index < -0.39 is 77.1 Å². The van der Waals surface area contributed by atoms with Crippen LogP contribution in [0.2, 0.25) is 0 Å². The topological polar surface area (TPSA) is 299 Å². The summed E-state index contributed by atoms with van der Waals surface area (Å²) in [5.41, 5.74) is 13.8. The number of benzene rings is 4. The molecule has 2 heterocycles. The van der Waals surface area contributed by atoms with E-state index in [-0.39, 0.29) is 38.8 Å². The average Bonchev–Trinajstić information content (AvgIpc) is 0.774. The maximum Gasteiger partial charge on any atom is 0.407 e. The Kier molecular flexibility index (Phi) is 26.9. The minimum absolute atomic E-state index is 0.0746. The van der Waals surface area contributed by atoms with Crippen molar-refractivity contribution in [2.24, 2.45) is 5.73 Å². The van der Waals surface area contributed by atoms with Gasteiger partial charge in [0.2, 0.25) is 29.5 Å². The Hall–Kier alpha value is -9.09. The third kappa shape index (κ3) is 22.6. The van der Waals surface area contributed by atoms with Gasteiger partial charge < -0.3 is 77.3 Å². The minimum atomic E-state index is -1.22. The van der Waals surface area contributed by atoms with Crippen molar-refractivity contribution in [2.75, 3.05) is 113 Å². The van der Waals surface area contributed by atoms with E-state index >= 15 is 0 Å². The van der Waals surface area contributed by atoms with Gasteiger partial charge in [-0.05, 0) is 191 Å². The molecule has 0 fully saturated rings. The van der Waals surface area contributed by atoms with E-state index in [1.165, 1.54) is 6.92 Å². The van der Waals surface area contributed by atoms with Crippen molar-refractivity contribution in [1.29, 1.82) is 0 Å². The third-order valence-electron chi connectivity index (χ3n) is 15.8. The number of anilines is 6. The van der Waals surface area contributed by atoms with Crippen LogP contribution in [-0.2, 0) is 33.4 Å². The highest BCUT2D eigenvalue weighted by Gasteiger charge is 2.31. The maximum absolute atomic E-state index is 14.8. The van der Waals surface area contributed by atoms with Gasteiger partial charge in [-0.25, -0.2) is 19.6 Å². The first-order valence-corrected chi connectivity index (χ1v) is 32.7. The van der Waals surface area contributed by atoms with Gasteiger partial charge in [-0.3, -0.25) is 24.0 Å². The number of nitrogens with two attached hydrogens (primary N) is 1. The number of alkyl carbamates (subject to hydrolysis) is 2. The zero-order chi connectivity index (χ0) is 69.0. The monoisotopic (exact) mass is 1300 g/mol. The highest BCUT2D eigenvalue weighted by molar-refractivity contribution is 6.10. The zero-order valence-electron chi connectivity index (χ0n) is 58.0. The molecule has 6 rings (SSSR count). The molecule has 7 amide bonds. The molecule has 24 nitrogen and oxygen atoms in total. The number of pyridine rings is 2. The Morgan fingerprint density at radius 2 is 0.691 bits per heavy atom. The van der Waals surface area contributed by atoms with Crippen molar-refractivity contribution >= 4 is 119 Å². The van der Waals surface area contributed by atoms with Gasteiger partial charge in [0.15, 0.2) is 0 Å². The molecule has 4 aromatic carbocycles. The molecule has 0 aliphatic rings. The fourth-order valence-electron chi connectivity index (χ4n) is 10.8. The molecule has 24 heteroatoms. The second-order valence-electron chi connectivity index (χ2n) is 26.9. The van der Waals surface area contributed by atoms with E-state index in [0.717, 1.165) is 77.7 Å². The van der Waals surface area contributed by atoms with Gasteiger partial charge >= 0.3 is 12.2 Å². The Balaban J connectivity index is 1.17. The standard InChI is InChI=1S/C70H103N15O9/c1-44(86)76-54(25-17-21-37-73-62-51-34-30-47(84(12)13)42-59(51)78-60-43-48(85(14)15)31-35-52(60)62)64(88)80-56(27-19-23-39-75-68(92)94-70(5,6)7)66(90)81-55(26-18-22-38-74-67(91)93-69(2,3)4)65(89)79-53(63(71)87)24-16-20-36-72-61-49-32-28-45(82(8)9)40-57(49)77-58-41-46(83(10)11)29-33-50(58)61/h28-35,40-43,53-56H,16-27,36-39H2,1-15H3,(H2,71,87)(H,72,77)(H,73,78)(H,74,91)(H,75,92)(H,76,86)(H,79,89)(H,80,88)(H,81,90)/t53-,54-,55-,56-/m0/s1. The van der Waals surface area contributed by atoms with E-state index in [1.807, 2.05) is 76.0 Å². The summed E-state index contributed by atoms with van der Waals surface area (Å²) in [7, 11) is 15.9. The second kappa shape index (κ2) is 34.2. The SMILES string of the molecule is CC(=O)N[C@@H](CCCCNc1c2ccc(N(C)C)cc2nc2cc(N(C)C)ccc12)C(=O)N[C@@H](CCCCNC(=O)OC(C)(C)C)C(=O)N[C@@H](CCCCNC(=O)OC(C)(C)C)C(=O)N[C@@H](CCCCNc1c2ccc(N(C)C)cc2nc2cc(N(C)C)ccc12)C(N)=O. The number of nitrogens with zero attached hydrogens (tertiary/aromatic N) is 6. The van der Waals surface area contributed by atoms with Crippen molar-refractivity contribution in [3.8, 4) is 0 Å². The molecule has 0 unspecified atom stereocenters. The highest BCUT2D eigenvalue weighted by atomic mass is 16.6. The first-order valence-electron chi connectivity index (χ1n) is 32.7. The third-order valence-corrected chi connectivity index (χ3v) is 15.8. The number of aromatic nitrogens is 2. The fourth-order valence-corrected chi connectivity index (χ4v) is 10.8. The lowest BCUT2D eigenvalue weighted by molar-refractivity contribution is -0.134. The van der Waals surface area contributed by atoms with Crippen molar-refractivity contribution in [2.45, 2.75) is 161 Å². The molecular formula is C70H103N15O9. The fraction of sp³-hybridized carbons (Fsp3) is 0.529. The summed E-state index contributed by atoms with van der Waals surface area (Å²) < 4.78 is 10.8. The number of hydrogen-bond acceptors (Lipinski definition) is 17. The molecule has 10 N–H and O–H groups in total. The lowest BCUT2D eigenvalue weighted by atomic mass is 10.0. The van der Waals surface area contributed by atoms with Gasteiger partial charge in [-0.15, -0.1) is 0 Å². The van der Waals surface area contributed by atoms with Crippen molar-refractivity contribution in [1.82, 2.24) is 41.9 Å². The summed E-state index contributed by atoms with van der Waals surface area (Å²) in [6, 6.07) is 20.1. The van der Waals surface area contributed by atoms with E-state index in [9.17, 15) is 33.6 Å². The van der Waals surface area contributed by atoms with Crippen molar-refractivity contribution < 1.29 is 43.0 Å². The first-order chi connectivity index (χ1) is 44.4. The van der Waals surface area contributed by atoms with E-state index in [4.69, 9.17) is 25.2 Å². The molecule has 6 aromatic rings. The molecule has 0 radical (unpaired) electrons. The van der Waals surface area contributed by atoms with E-state index in [0.29, 0.717) is 64.5 Å². The number of ether oxygens (including phenoxy) is 2. The van der Waals surface area contributed by atoms with Crippen molar-refractivity contribution in [3.63, 3.8) is 0 Å². The summed E-state index contributed by atoms with van der Waals surface area (Å²) in [5, 5.41) is 28.0. The summed E-state index contributed by atoms with van der Waals surface area (Å²) >= 11 is 0. The van der Waals surface area contributed by atoms with Crippen LogP contribution < -0.4 is 67.9 Å². The number of fused-ring (bicyclic) bond motifs is 4. The molecule has 0 saturated carbocycles. The van der Waals surface area contributed by atoms with Crippen LogP contribution >= 0.6 is 0 Å². The molecule has 512 valence electrons. The lowest BCUT2D eigenvalue weighted by Crippen LogP contribution is -2.58. The Labute approximate surface area is 554 Å². The Morgan fingerprint density at radius 3 is 0.968 bits per heavy atom. The zero-order valence-corrected chi connectivity index (χ0v) is 58.0. The number of unbranched alkanes of at least 4 members (excludes halogenated alkanes) is 4. The number of nitrogens with one attached hydrogen (secondary N) is 8. The minimum Gasteiger partial charge on any atom is -0.444 e. The number of amides is 7. The van der Waals surface area contributed by atoms with Crippen LogP contribution in [0.5, 0.6) is 0 Å². The van der Waals surface area contributed by atoms with Gasteiger partial charge in [-0.1, -0.05) is 0 Å². The van der Waals surface area contributed by atoms with Gasteiger partial charge in [-0.2, -0.15) is 0 Å². The van der Waals surface area contributed by atoms with Crippen LogP contribution in [0.25, 0.3) is 43.6 Å². The molecule has 0 aliphatic heterocycles. The molecule has 4 atom stereocenters. The number of carbonyl (C=O) groups is 7. The number of primary amides is 1. The summed E-state index contributed by atoms with van der Waals surface area (Å²) in [6.45, 7) is 13.3. The summed E-state index contributed by atoms with van der Waals surface area (Å²) in [4.78, 5) is 113. The molecule has 0 bridgehead atoms. The molecule has 0 spiro atoms. The van der Waals surface area contributed by atoms with Crippen LogP contribution in [-0.4, -0.2) is 170 Å². The summed E-state index contributed by atoms with van der Waals surface area (Å²) in [6.07, 6.45) is 3.05. The number of hydrogen-bond donors (Lipinski definition) is 9. The predicted molar refractivity (Wildman–Crippen MR) is 379 cm³/mol. The number of carbonyl (C=O) groups excluding carboxylic acids is 7. The normalized spacial score (nSPS) is 12.8. The van der Waals surface area contributed by atoms with Crippen molar-refractivity contribution in [3.05, 3.63) is 72.8 Å². The van der Waals surface area contributed by atoms with Crippen LogP contribution in [0, 0.1) is 0 Å². The van der Waals surface area contributed by atoms with Gasteiger partial charge in [0.1, 0.15) is 35.4 Å². The van der Waals surface area contributed by atoms with Gasteiger partial charge in [0.05, 0.1) is 33.4 Å². The largest absolute Gasteiger partial charge is 0.444 e. The van der Waals surface area contributed by atoms with Crippen LogP contribution in [0.1, 0.15) is 126 Å². The summed E-state index contributed by atoms with van der Waals surface area (Å²) in [5.74, 6) is -3.15. The lowest BCUT2D eigenvalue weighted by Gasteiger charge is -2.26. The molecule has 94 heavy (non-hydrogen) atoms. The molecule has 0 saturated heterocycles. The van der Waals surface area contributed by atoms with Crippen LogP contribution in [0.4, 0.5) is 43.7 Å². The Bertz CT molecular complexity index is 3470. The maximum atomic E-state index is 14.8. The first kappa shape index (κ1) is 74.0. The highest BCUT2D eigenvalue weighted by Crippen LogP contribution is 2.36. The smallest absolute Gasteiger partial charge is 0.407 e. The Morgan fingerprint density at radius 1 is 0.415 bits per heavy atom. The number of rotatable bonds is 34. The molecule has 2 aromatic heterocycles. The van der Waals surface area contributed by atoms with Gasteiger partial charge in [0.25, 0.3) is 0 Å². The van der Waals surface area contributed by atoms with Gasteiger partial charge in [0, 0.05) is 134 Å². The van der Waals surface area contributed by atoms with E-state index in [2.05, 4.69) is 115 Å². The molecule has 0 aliphatic carbocycles.